The number of ketones is 1. The van der Waals surface area contributed by atoms with Crippen molar-refractivity contribution in [3.05, 3.63) is 52.6 Å². The van der Waals surface area contributed by atoms with Crippen molar-refractivity contribution in [2.75, 3.05) is 0 Å². The Kier molecular flexibility index (Phi) is 4.51. The van der Waals surface area contributed by atoms with Crippen LogP contribution in [0.3, 0.4) is 0 Å². The molecule has 0 radical (unpaired) electrons. The first-order chi connectivity index (χ1) is 9.54. The van der Waals surface area contributed by atoms with Crippen molar-refractivity contribution in [1.29, 1.82) is 5.41 Å². The number of carbonyl (C=O) groups is 1. The molecule has 0 aromatic heterocycles. The molecular formula is C17H20N2O. The normalized spacial score (nSPS) is 16.9. The van der Waals surface area contributed by atoms with Crippen LogP contribution in [0.15, 0.2) is 41.5 Å². The lowest BCUT2D eigenvalue weighted by molar-refractivity contribution is 0.100. The highest BCUT2D eigenvalue weighted by molar-refractivity contribution is 6.07. The van der Waals surface area contributed by atoms with Crippen molar-refractivity contribution in [3.8, 4) is 0 Å². The van der Waals surface area contributed by atoms with Gasteiger partial charge in [0, 0.05) is 5.56 Å². The van der Waals surface area contributed by atoms with E-state index in [1.807, 2.05) is 12.1 Å². The van der Waals surface area contributed by atoms with E-state index in [0.29, 0.717) is 5.56 Å². The van der Waals surface area contributed by atoms with Crippen LogP contribution in [0.2, 0.25) is 0 Å². The number of hydrogen-bond donors (Lipinski definition) is 2. The molecule has 0 heterocycles. The minimum absolute atomic E-state index is 0.0115. The van der Waals surface area contributed by atoms with E-state index in [4.69, 9.17) is 11.1 Å². The Bertz CT molecular complexity index is 580. The van der Waals surface area contributed by atoms with Gasteiger partial charge in [-0.25, -0.2) is 0 Å². The van der Waals surface area contributed by atoms with Crippen LogP contribution >= 0.6 is 0 Å². The lowest BCUT2D eigenvalue weighted by Gasteiger charge is -2.11. The molecule has 0 unspecified atom stereocenters. The number of nitrogens with two attached hydrogens (primary N) is 1. The average molecular weight is 268 g/mol. The average Bonchev–Trinajstić information content (AvgIpc) is 2.38. The molecule has 0 spiro atoms. The second kappa shape index (κ2) is 6.33. The molecule has 0 bridgehead atoms. The Balaban J connectivity index is 2.12. The summed E-state index contributed by atoms with van der Waals surface area (Å²) in [6.07, 6.45) is 7.92. The van der Waals surface area contributed by atoms with Gasteiger partial charge in [-0.05, 0) is 37.3 Å². The van der Waals surface area contributed by atoms with Gasteiger partial charge in [-0.2, -0.15) is 0 Å². The van der Waals surface area contributed by atoms with Gasteiger partial charge >= 0.3 is 0 Å². The Morgan fingerprint density at radius 2 is 2.00 bits per heavy atom. The maximum atomic E-state index is 11.8. The lowest BCUT2D eigenvalue weighted by Crippen LogP contribution is -2.15. The predicted octanol–water partition coefficient (Wildman–Crippen LogP) is 3.71. The van der Waals surface area contributed by atoms with Gasteiger partial charge < -0.3 is 5.73 Å². The van der Waals surface area contributed by atoms with Gasteiger partial charge in [0.15, 0.2) is 5.78 Å². The SMILES string of the molecule is CC1=C/C(=C\c2ccc(C(=O)CC(=N)N)cc2)CCC1. The fourth-order valence-corrected chi connectivity index (χ4v) is 2.40. The number of benzene rings is 1. The van der Waals surface area contributed by atoms with Gasteiger partial charge in [-0.3, -0.25) is 10.2 Å². The van der Waals surface area contributed by atoms with Crippen molar-refractivity contribution in [2.45, 2.75) is 32.6 Å². The molecule has 1 aliphatic rings. The van der Waals surface area contributed by atoms with Gasteiger partial charge in [0.2, 0.25) is 0 Å². The van der Waals surface area contributed by atoms with Crippen LogP contribution < -0.4 is 5.73 Å². The Hall–Kier alpha value is -2.16. The monoisotopic (exact) mass is 268 g/mol. The van der Waals surface area contributed by atoms with Gasteiger partial charge in [-0.1, -0.05) is 42.0 Å². The summed E-state index contributed by atoms with van der Waals surface area (Å²) in [7, 11) is 0. The number of Topliss-reactive ketones (excluding diaryl/α,β-unsaturated/α-hetero) is 1. The van der Waals surface area contributed by atoms with E-state index >= 15 is 0 Å². The highest BCUT2D eigenvalue weighted by Gasteiger charge is 2.07. The molecule has 0 amide bonds. The third-order valence-corrected chi connectivity index (χ3v) is 3.40. The fraction of sp³-hybridized carbons (Fsp3) is 0.294. The summed E-state index contributed by atoms with van der Waals surface area (Å²) in [5, 5.41) is 7.15. The first-order valence-corrected chi connectivity index (χ1v) is 6.88. The molecule has 3 N–H and O–H groups in total. The Morgan fingerprint density at radius 3 is 2.60 bits per heavy atom. The molecule has 2 rings (SSSR count). The smallest absolute Gasteiger partial charge is 0.170 e. The van der Waals surface area contributed by atoms with Gasteiger partial charge in [0.1, 0.15) is 0 Å². The van der Waals surface area contributed by atoms with E-state index in [-0.39, 0.29) is 18.0 Å². The van der Waals surface area contributed by atoms with Crippen LogP contribution in [0.4, 0.5) is 0 Å². The largest absolute Gasteiger partial charge is 0.387 e. The summed E-state index contributed by atoms with van der Waals surface area (Å²) in [4.78, 5) is 11.8. The number of nitrogens with one attached hydrogen (secondary N) is 1. The molecule has 3 nitrogen and oxygen atoms in total. The molecule has 20 heavy (non-hydrogen) atoms. The number of amidine groups is 1. The van der Waals surface area contributed by atoms with Crippen molar-refractivity contribution in [1.82, 2.24) is 0 Å². The number of hydrogen-bond acceptors (Lipinski definition) is 2. The van der Waals surface area contributed by atoms with Crippen LogP contribution in [0.25, 0.3) is 6.08 Å². The third kappa shape index (κ3) is 3.92. The summed E-state index contributed by atoms with van der Waals surface area (Å²) in [6.45, 7) is 2.16. The first kappa shape index (κ1) is 14.3. The molecule has 1 aromatic carbocycles. The van der Waals surface area contributed by atoms with E-state index in [0.717, 1.165) is 12.0 Å². The van der Waals surface area contributed by atoms with Crippen LogP contribution in [0.1, 0.15) is 48.5 Å². The quantitative estimate of drug-likeness (QED) is 0.496. The Labute approximate surface area is 119 Å². The molecule has 3 heteroatoms. The summed E-state index contributed by atoms with van der Waals surface area (Å²) in [5.74, 6) is -0.200. The first-order valence-electron chi connectivity index (χ1n) is 6.88. The van der Waals surface area contributed by atoms with E-state index in [2.05, 4.69) is 19.1 Å². The third-order valence-electron chi connectivity index (χ3n) is 3.40. The maximum Gasteiger partial charge on any atom is 0.170 e. The number of allylic oxidation sites excluding steroid dienone is 3. The molecule has 0 saturated carbocycles. The zero-order valence-corrected chi connectivity index (χ0v) is 11.8. The van der Waals surface area contributed by atoms with Gasteiger partial charge in [0.05, 0.1) is 12.3 Å². The van der Waals surface area contributed by atoms with Crippen LogP contribution in [-0.2, 0) is 0 Å². The molecule has 0 atom stereocenters. The minimum Gasteiger partial charge on any atom is -0.387 e. The minimum atomic E-state index is -0.106. The van der Waals surface area contributed by atoms with Crippen LogP contribution in [0.5, 0.6) is 0 Å². The lowest BCUT2D eigenvalue weighted by atomic mass is 9.94. The van der Waals surface area contributed by atoms with E-state index < -0.39 is 0 Å². The molecular weight excluding hydrogens is 248 g/mol. The van der Waals surface area contributed by atoms with E-state index in [1.165, 1.54) is 24.0 Å². The highest BCUT2D eigenvalue weighted by Crippen LogP contribution is 2.23. The number of rotatable bonds is 4. The summed E-state index contributed by atoms with van der Waals surface area (Å²) < 4.78 is 0. The molecule has 0 fully saturated rings. The van der Waals surface area contributed by atoms with Gasteiger partial charge in [0.25, 0.3) is 0 Å². The van der Waals surface area contributed by atoms with Crippen LogP contribution in [0, 0.1) is 5.41 Å². The highest BCUT2D eigenvalue weighted by atomic mass is 16.1. The molecule has 0 saturated heterocycles. The second-order valence-electron chi connectivity index (χ2n) is 5.31. The van der Waals surface area contributed by atoms with Crippen molar-refractivity contribution < 1.29 is 4.79 Å². The zero-order chi connectivity index (χ0) is 14.5. The molecule has 0 aliphatic heterocycles. The molecule has 1 aromatic rings. The van der Waals surface area contributed by atoms with Crippen molar-refractivity contribution >= 4 is 17.7 Å². The number of carbonyl (C=O) groups excluding carboxylic acids is 1. The van der Waals surface area contributed by atoms with Crippen molar-refractivity contribution in [2.24, 2.45) is 5.73 Å². The summed E-state index contributed by atoms with van der Waals surface area (Å²) >= 11 is 0. The summed E-state index contributed by atoms with van der Waals surface area (Å²) in [5.41, 5.74) is 9.73. The van der Waals surface area contributed by atoms with E-state index in [1.54, 1.807) is 12.1 Å². The van der Waals surface area contributed by atoms with Crippen LogP contribution in [-0.4, -0.2) is 11.6 Å². The van der Waals surface area contributed by atoms with Gasteiger partial charge in [-0.15, -0.1) is 0 Å². The maximum absolute atomic E-state index is 11.8. The molecule has 1 aliphatic carbocycles. The Morgan fingerprint density at radius 1 is 1.30 bits per heavy atom. The van der Waals surface area contributed by atoms with Crippen molar-refractivity contribution in [3.63, 3.8) is 0 Å². The molecule has 104 valence electrons. The summed E-state index contributed by atoms with van der Waals surface area (Å²) in [6, 6.07) is 7.49. The van der Waals surface area contributed by atoms with E-state index in [9.17, 15) is 4.79 Å². The fourth-order valence-electron chi connectivity index (χ4n) is 2.40. The predicted molar refractivity (Wildman–Crippen MR) is 82.9 cm³/mol. The standard InChI is InChI=1S/C17H20N2O/c1-12-3-2-4-14(9-12)10-13-5-7-15(8-6-13)16(20)11-17(18)19/h5-10H,2-4,11H2,1H3,(H3,18,19)/b14-10-. The zero-order valence-electron chi connectivity index (χ0n) is 11.8. The second-order valence-corrected chi connectivity index (χ2v) is 5.31. The topological polar surface area (TPSA) is 66.9 Å².